The second kappa shape index (κ2) is 10.6. The van der Waals surface area contributed by atoms with E-state index in [1.807, 2.05) is 0 Å². The Balaban J connectivity index is 3.00. The first-order valence-corrected chi connectivity index (χ1v) is 14.0. The van der Waals surface area contributed by atoms with E-state index in [0.717, 1.165) is 22.3 Å². The summed E-state index contributed by atoms with van der Waals surface area (Å²) in [6, 6.07) is 8.59. The van der Waals surface area contributed by atoms with Crippen molar-refractivity contribution in [2.75, 3.05) is 5.88 Å². The summed E-state index contributed by atoms with van der Waals surface area (Å²) in [5, 5.41) is 11.6. The maximum absolute atomic E-state index is 12.8. The van der Waals surface area contributed by atoms with Crippen LogP contribution in [0.2, 0.25) is 0 Å². The molecule has 1 N–H and O–H groups in total. The normalized spacial score (nSPS) is 14.0. The lowest BCUT2D eigenvalue weighted by molar-refractivity contribution is -0.134. The van der Waals surface area contributed by atoms with E-state index in [-0.39, 0.29) is 45.8 Å². The Bertz CT molecular complexity index is 1130. The van der Waals surface area contributed by atoms with Gasteiger partial charge >= 0.3 is 5.97 Å². The molecule has 3 nitrogen and oxygen atoms in total. The molecule has 4 heteroatoms. The predicted octanol–water partition coefficient (Wildman–Crippen LogP) is 9.27. The molecule has 2 aromatic rings. The Labute approximate surface area is 231 Å². The monoisotopic (exact) mass is 528 g/mol. The van der Waals surface area contributed by atoms with Crippen LogP contribution in [0.15, 0.2) is 24.3 Å². The Morgan fingerprint density at radius 1 is 0.757 bits per heavy atom. The fourth-order valence-electron chi connectivity index (χ4n) is 4.48. The number of benzene rings is 2. The van der Waals surface area contributed by atoms with Gasteiger partial charge in [0.25, 0.3) is 0 Å². The van der Waals surface area contributed by atoms with E-state index in [0.29, 0.717) is 11.5 Å². The third-order valence-corrected chi connectivity index (χ3v) is 7.24. The number of ether oxygens (including phenoxy) is 1. The molecule has 0 heterocycles. The molecule has 1 unspecified atom stereocenters. The van der Waals surface area contributed by atoms with Crippen LogP contribution >= 0.6 is 11.6 Å². The Kier molecular flexibility index (Phi) is 8.97. The van der Waals surface area contributed by atoms with Gasteiger partial charge < -0.3 is 9.84 Å². The first-order valence-electron chi connectivity index (χ1n) is 13.4. The largest absolute Gasteiger partial charge is 0.507 e. The van der Waals surface area contributed by atoms with Crippen LogP contribution in [0, 0.1) is 0 Å². The molecule has 0 aromatic heterocycles. The average molecular weight is 529 g/mol. The molecule has 0 aliphatic heterocycles. The summed E-state index contributed by atoms with van der Waals surface area (Å²) in [6.45, 7) is 28.0. The van der Waals surface area contributed by atoms with Gasteiger partial charge in [-0.05, 0) is 38.4 Å². The number of hydrogen-bond donors (Lipinski definition) is 1. The van der Waals surface area contributed by atoms with E-state index in [1.165, 1.54) is 11.1 Å². The highest BCUT2D eigenvalue weighted by Gasteiger charge is 2.32. The molecule has 2 aromatic carbocycles. The maximum Gasteiger partial charge on any atom is 0.312 e. The zero-order valence-electron chi connectivity index (χ0n) is 25.4. The summed E-state index contributed by atoms with van der Waals surface area (Å²) in [4.78, 5) is 12.8. The zero-order chi connectivity index (χ0) is 28.7. The lowest BCUT2D eigenvalue weighted by atomic mass is 9.74. The van der Waals surface area contributed by atoms with Crippen molar-refractivity contribution in [1.82, 2.24) is 0 Å². The minimum absolute atomic E-state index is 0.0956. The minimum Gasteiger partial charge on any atom is -0.507 e. The Hall–Kier alpha value is -2.00. The van der Waals surface area contributed by atoms with Gasteiger partial charge in [0.05, 0.1) is 6.42 Å². The summed E-state index contributed by atoms with van der Waals surface area (Å²) >= 11 is 5.88. The first kappa shape index (κ1) is 31.2. The number of rotatable bonds is 5. The number of esters is 1. The van der Waals surface area contributed by atoms with E-state index in [1.54, 1.807) is 0 Å². The molecule has 0 aliphatic carbocycles. The van der Waals surface area contributed by atoms with Crippen LogP contribution in [0.1, 0.15) is 136 Å². The van der Waals surface area contributed by atoms with Crippen molar-refractivity contribution in [1.29, 1.82) is 0 Å². The molecule has 0 fully saturated rings. The lowest BCUT2D eigenvalue weighted by Gasteiger charge is -2.32. The van der Waals surface area contributed by atoms with Crippen LogP contribution in [0.25, 0.3) is 0 Å². The average Bonchev–Trinajstić information content (AvgIpc) is 2.70. The second-order valence-electron chi connectivity index (χ2n) is 14.5. The number of hydrogen-bond acceptors (Lipinski definition) is 3. The van der Waals surface area contributed by atoms with Crippen molar-refractivity contribution in [3.05, 3.63) is 57.6 Å². The van der Waals surface area contributed by atoms with E-state index in [2.05, 4.69) is 114 Å². The lowest BCUT2D eigenvalue weighted by Crippen LogP contribution is -2.22. The number of phenolic OH excluding ortho intramolecular Hbond substituents is 1. The van der Waals surface area contributed by atoms with Crippen LogP contribution in [0.4, 0.5) is 0 Å². The predicted molar refractivity (Wildman–Crippen MR) is 158 cm³/mol. The van der Waals surface area contributed by atoms with Crippen LogP contribution in [-0.4, -0.2) is 17.0 Å². The van der Waals surface area contributed by atoms with E-state index >= 15 is 0 Å². The molecule has 0 saturated heterocycles. The van der Waals surface area contributed by atoms with Crippen LogP contribution in [-0.2, 0) is 26.5 Å². The highest BCUT2D eigenvalue weighted by atomic mass is 35.5. The van der Waals surface area contributed by atoms with Crippen molar-refractivity contribution >= 4 is 17.6 Å². The molecule has 0 radical (unpaired) electrons. The number of carbonyl (C=O) groups excluding carboxylic acids is 1. The molecule has 0 aliphatic rings. The van der Waals surface area contributed by atoms with Crippen molar-refractivity contribution in [3.8, 4) is 11.5 Å². The third-order valence-electron chi connectivity index (χ3n) is 7.05. The van der Waals surface area contributed by atoms with Crippen LogP contribution in [0.5, 0.6) is 11.5 Å². The molecular weight excluding hydrogens is 480 g/mol. The summed E-state index contributed by atoms with van der Waals surface area (Å²) in [5.41, 5.74) is 5.27. The molecule has 0 amide bonds. The van der Waals surface area contributed by atoms with Gasteiger partial charge in [0, 0.05) is 28.5 Å². The van der Waals surface area contributed by atoms with Crippen molar-refractivity contribution in [3.63, 3.8) is 0 Å². The van der Waals surface area contributed by atoms with E-state index in [4.69, 9.17) is 16.3 Å². The topological polar surface area (TPSA) is 46.5 Å². The zero-order valence-corrected chi connectivity index (χ0v) is 26.2. The summed E-state index contributed by atoms with van der Waals surface area (Å²) < 4.78 is 6.08. The minimum atomic E-state index is -0.347. The molecular formula is C33H49ClO3. The van der Waals surface area contributed by atoms with Gasteiger partial charge in [-0.2, -0.15) is 0 Å². The number of halogens is 1. The van der Waals surface area contributed by atoms with Gasteiger partial charge in [-0.25, -0.2) is 0 Å². The second-order valence-corrected chi connectivity index (χ2v) is 14.9. The molecule has 37 heavy (non-hydrogen) atoms. The standard InChI is InChI=1S/C33H49ClO3/c1-20(23-16-21(30(2,3)4)18-25(28(23)36)32(8,9)10)24-17-22(31(5,6)7)19-26(33(11,12)13)29(24)37-27(35)14-15-34/h16-20,36H,14-15H2,1-13H3. The Morgan fingerprint density at radius 3 is 1.59 bits per heavy atom. The number of alkyl halides is 1. The quantitative estimate of drug-likeness (QED) is 0.239. The van der Waals surface area contributed by atoms with E-state index in [9.17, 15) is 9.90 Å². The third kappa shape index (κ3) is 7.31. The summed E-state index contributed by atoms with van der Waals surface area (Å²) in [6.07, 6.45) is 0.138. The fraction of sp³-hybridized carbons (Fsp3) is 0.606. The summed E-state index contributed by atoms with van der Waals surface area (Å²) in [5.74, 6) is 0.537. The summed E-state index contributed by atoms with van der Waals surface area (Å²) in [7, 11) is 0. The Morgan fingerprint density at radius 2 is 1.19 bits per heavy atom. The van der Waals surface area contributed by atoms with E-state index < -0.39 is 0 Å². The SMILES string of the molecule is CC(c1cc(C(C)(C)C)cc(C(C)(C)C)c1O)c1cc(C(C)(C)C)cc(C(C)(C)C)c1OC(=O)CCCl. The van der Waals surface area contributed by atoms with Gasteiger partial charge in [0.1, 0.15) is 11.5 Å². The molecule has 2 rings (SSSR count). The van der Waals surface area contributed by atoms with Crippen LogP contribution < -0.4 is 4.74 Å². The molecule has 0 spiro atoms. The van der Waals surface area contributed by atoms with Gasteiger partial charge in [0.2, 0.25) is 0 Å². The number of phenols is 1. The fourth-order valence-corrected chi connectivity index (χ4v) is 4.63. The van der Waals surface area contributed by atoms with Gasteiger partial charge in [-0.3, -0.25) is 4.79 Å². The molecule has 0 bridgehead atoms. The highest BCUT2D eigenvalue weighted by Crippen LogP contribution is 2.47. The van der Waals surface area contributed by atoms with Gasteiger partial charge in [0.15, 0.2) is 0 Å². The van der Waals surface area contributed by atoms with Crippen LogP contribution in [0.3, 0.4) is 0 Å². The smallest absolute Gasteiger partial charge is 0.312 e. The van der Waals surface area contributed by atoms with Gasteiger partial charge in [-0.1, -0.05) is 114 Å². The number of carbonyl (C=O) groups is 1. The first-order chi connectivity index (χ1) is 16.6. The molecule has 1 atom stereocenters. The van der Waals surface area contributed by atoms with Crippen molar-refractivity contribution in [2.24, 2.45) is 0 Å². The number of aromatic hydroxyl groups is 1. The highest BCUT2D eigenvalue weighted by molar-refractivity contribution is 6.18. The maximum atomic E-state index is 12.8. The van der Waals surface area contributed by atoms with Gasteiger partial charge in [-0.15, -0.1) is 11.6 Å². The van der Waals surface area contributed by atoms with Crippen molar-refractivity contribution in [2.45, 2.75) is 124 Å². The van der Waals surface area contributed by atoms with Crippen molar-refractivity contribution < 1.29 is 14.6 Å². The molecule has 0 saturated carbocycles. The molecule has 206 valence electrons.